The number of nitrogens with zero attached hydrogens (tertiary/aromatic N) is 7. The lowest BCUT2D eigenvalue weighted by molar-refractivity contribution is -0.135. The summed E-state index contributed by atoms with van der Waals surface area (Å²) in [5, 5.41) is 28.2. The third-order valence-electron chi connectivity index (χ3n) is 14.8. The van der Waals surface area contributed by atoms with Crippen LogP contribution in [-0.2, 0) is 27.3 Å². The van der Waals surface area contributed by atoms with Crippen LogP contribution < -0.4 is 30.5 Å². The number of thiazole rings is 1. The average molecular weight is 1030 g/mol. The highest BCUT2D eigenvalue weighted by molar-refractivity contribution is 7.22. The number of carbonyl (C=O) groups is 5. The van der Waals surface area contributed by atoms with E-state index in [1.165, 1.54) is 11.3 Å². The number of hydrogen-bond donors (Lipinski definition) is 5. The number of aryl methyl sites for hydroxylation is 1. The van der Waals surface area contributed by atoms with Crippen molar-refractivity contribution in [2.24, 2.45) is 5.92 Å². The Morgan fingerprint density at radius 3 is 2.37 bits per heavy atom. The van der Waals surface area contributed by atoms with Gasteiger partial charge < -0.3 is 40.2 Å². The molecule has 0 saturated carbocycles. The summed E-state index contributed by atoms with van der Waals surface area (Å²) in [6.07, 6.45) is 2.05. The molecule has 19 heteroatoms. The molecule has 0 bridgehead atoms. The van der Waals surface area contributed by atoms with E-state index in [0.29, 0.717) is 98.7 Å². The molecule has 5 N–H and O–H groups in total. The lowest BCUT2D eigenvalue weighted by Gasteiger charge is -2.39. The number of rotatable bonds is 16. The van der Waals surface area contributed by atoms with Crippen LogP contribution in [0.3, 0.4) is 0 Å². The number of piperidine rings is 1. The number of benzene rings is 4. The van der Waals surface area contributed by atoms with Gasteiger partial charge in [-0.1, -0.05) is 41.7 Å². The molecule has 3 saturated heterocycles. The maximum Gasteiger partial charge on any atom is 0.355 e. The molecule has 4 aromatic carbocycles. The zero-order chi connectivity index (χ0) is 52.2. The van der Waals surface area contributed by atoms with Gasteiger partial charge in [-0.2, -0.15) is 0 Å². The maximum atomic E-state index is 13.6. The number of piperazine rings is 2. The fourth-order valence-electron chi connectivity index (χ4n) is 10.6. The Morgan fingerprint density at radius 2 is 1.61 bits per heavy atom. The Labute approximate surface area is 439 Å². The first kappa shape index (κ1) is 50.8. The fourth-order valence-corrected chi connectivity index (χ4v) is 11.5. The molecular formula is C56H61N11O7S. The van der Waals surface area contributed by atoms with Gasteiger partial charge in [0.25, 0.3) is 5.91 Å². The van der Waals surface area contributed by atoms with Crippen molar-refractivity contribution in [3.05, 3.63) is 125 Å². The molecule has 18 nitrogen and oxygen atoms in total. The van der Waals surface area contributed by atoms with E-state index >= 15 is 0 Å². The average Bonchev–Trinajstić information content (AvgIpc) is 3.84. The fraction of sp³-hybridized carbons (Fsp3) is 0.357. The van der Waals surface area contributed by atoms with E-state index in [2.05, 4.69) is 35.6 Å². The summed E-state index contributed by atoms with van der Waals surface area (Å²) in [5.41, 5.74) is 8.00. The molecule has 4 aliphatic heterocycles. The summed E-state index contributed by atoms with van der Waals surface area (Å²) < 4.78 is 7.18. The van der Waals surface area contributed by atoms with E-state index in [0.717, 1.165) is 83.0 Å². The normalized spacial score (nSPS) is 17.4. The van der Waals surface area contributed by atoms with Crippen LogP contribution in [0.5, 0.6) is 5.75 Å². The third-order valence-corrected chi connectivity index (χ3v) is 15.7. The van der Waals surface area contributed by atoms with Gasteiger partial charge in [0.05, 0.1) is 35.0 Å². The predicted molar refractivity (Wildman–Crippen MR) is 291 cm³/mol. The van der Waals surface area contributed by atoms with Crippen molar-refractivity contribution in [1.29, 1.82) is 5.41 Å². The van der Waals surface area contributed by atoms with Crippen molar-refractivity contribution >= 4 is 79.2 Å². The lowest BCUT2D eigenvalue weighted by atomic mass is 9.88. The highest BCUT2D eigenvalue weighted by Crippen LogP contribution is 2.34. The zero-order valence-electron chi connectivity index (χ0n) is 42.2. The number of anilines is 4. The molecule has 1 atom stereocenters. The van der Waals surface area contributed by atoms with Crippen molar-refractivity contribution < 1.29 is 33.8 Å². The van der Waals surface area contributed by atoms with Crippen LogP contribution in [0, 0.1) is 18.3 Å². The Kier molecular flexibility index (Phi) is 15.2. The van der Waals surface area contributed by atoms with E-state index in [4.69, 9.17) is 15.1 Å². The Balaban J connectivity index is 0.663. The van der Waals surface area contributed by atoms with Gasteiger partial charge in [-0.25, -0.2) is 14.8 Å². The number of aromatic carboxylic acids is 1. The van der Waals surface area contributed by atoms with E-state index in [-0.39, 0.29) is 35.5 Å². The second kappa shape index (κ2) is 22.4. The van der Waals surface area contributed by atoms with Crippen LogP contribution in [0.25, 0.3) is 21.3 Å². The van der Waals surface area contributed by atoms with Crippen LogP contribution in [0.4, 0.5) is 22.3 Å². The van der Waals surface area contributed by atoms with E-state index < -0.39 is 17.8 Å². The van der Waals surface area contributed by atoms with Crippen molar-refractivity contribution in [2.45, 2.75) is 39.2 Å². The van der Waals surface area contributed by atoms with Gasteiger partial charge in [0.15, 0.2) is 10.8 Å². The molecule has 10 rings (SSSR count). The third kappa shape index (κ3) is 11.4. The van der Waals surface area contributed by atoms with Crippen molar-refractivity contribution in [3.8, 4) is 16.9 Å². The summed E-state index contributed by atoms with van der Waals surface area (Å²) >= 11 is 1.43. The number of carbonyl (C=O) groups excluding carboxylic acids is 4. The number of aromatic nitrogens is 2. The topological polar surface area (TPSA) is 217 Å². The van der Waals surface area contributed by atoms with Crippen LogP contribution in [0.1, 0.15) is 62.4 Å². The van der Waals surface area contributed by atoms with Crippen LogP contribution in [-0.4, -0.2) is 151 Å². The van der Waals surface area contributed by atoms with Gasteiger partial charge in [-0.3, -0.25) is 34.7 Å². The minimum Gasteiger partial charge on any atom is -0.494 e. The number of fused-ring (bicyclic) bond motifs is 2. The number of carboxylic acids is 1. The van der Waals surface area contributed by atoms with E-state index in [1.54, 1.807) is 7.05 Å². The molecule has 6 aromatic rings. The highest BCUT2D eigenvalue weighted by atomic mass is 32.1. The molecule has 0 spiro atoms. The smallest absolute Gasteiger partial charge is 0.355 e. The van der Waals surface area contributed by atoms with Crippen LogP contribution in [0.15, 0.2) is 91.0 Å². The van der Waals surface area contributed by atoms with Gasteiger partial charge in [0, 0.05) is 114 Å². The number of carboxylic acid groups (broad SMARTS) is 1. The monoisotopic (exact) mass is 1030 g/mol. The number of pyridine rings is 1. The molecule has 2 aromatic heterocycles. The maximum absolute atomic E-state index is 13.6. The second-order valence-corrected chi connectivity index (χ2v) is 20.5. The Hall–Kier alpha value is -7.74. The van der Waals surface area contributed by atoms with Gasteiger partial charge in [-0.05, 0) is 109 Å². The second-order valence-electron chi connectivity index (χ2n) is 19.5. The van der Waals surface area contributed by atoms with Gasteiger partial charge >= 0.3 is 5.97 Å². The first-order valence-electron chi connectivity index (χ1n) is 25.6. The molecule has 0 aliphatic carbocycles. The Morgan fingerprint density at radius 1 is 0.827 bits per heavy atom. The summed E-state index contributed by atoms with van der Waals surface area (Å²) in [5.74, 6) is -1.38. The molecule has 4 aliphatic rings. The Bertz CT molecular complexity index is 3150. The van der Waals surface area contributed by atoms with E-state index in [9.17, 15) is 29.1 Å². The quantitative estimate of drug-likeness (QED) is 0.0404. The molecule has 6 heterocycles. The van der Waals surface area contributed by atoms with Crippen LogP contribution in [0.2, 0.25) is 0 Å². The van der Waals surface area contributed by atoms with Gasteiger partial charge in [-0.15, -0.1) is 0 Å². The molecular weight excluding hydrogens is 971 g/mol. The molecule has 4 amide bonds. The van der Waals surface area contributed by atoms with Gasteiger partial charge in [0.1, 0.15) is 11.6 Å². The van der Waals surface area contributed by atoms with Crippen molar-refractivity contribution in [1.82, 2.24) is 30.0 Å². The molecule has 75 heavy (non-hydrogen) atoms. The predicted octanol–water partition coefficient (Wildman–Crippen LogP) is 6.38. The zero-order valence-corrected chi connectivity index (χ0v) is 43.0. The SMILES string of the molecule is CNc1cc(N2CCN(C(=O)CN3CCN(CCCOc4ccc(-c5ccc(N6CCc7cccc(C(=O)Nc8nc9ccccc9s8)c7C6)nc5C(=O)O)c(C)c4)CC3)CC2)ccc1C(=N)C1CCC(=O)NC1=O. The number of hydrogen-bond acceptors (Lipinski definition) is 15. The largest absolute Gasteiger partial charge is 0.494 e. The highest BCUT2D eigenvalue weighted by Gasteiger charge is 2.33. The minimum atomic E-state index is -1.12. The minimum absolute atomic E-state index is 0.0435. The first-order valence-corrected chi connectivity index (χ1v) is 26.4. The van der Waals surface area contributed by atoms with Crippen molar-refractivity contribution in [3.63, 3.8) is 0 Å². The number of amides is 4. The van der Waals surface area contributed by atoms with E-state index in [1.807, 2.05) is 108 Å². The molecule has 3 fully saturated rings. The standard InChI is InChI=1S/C56H61N11O7S/c1-35-31-38(12-14-39(35)40-15-17-48(60-52(40)55(72)73)67-21-19-36-7-5-8-41(44(36)33-67)53(70)62-56-59-45-9-3-4-10-47(45)75-56)74-30-6-20-63-22-24-64(25-23-63)34-50(69)66-28-26-65(27-29-66)37-11-13-42(46(32-37)58-2)51(57)43-16-18-49(68)61-54(43)71/h3-5,7-15,17,31-32,43,57-58H,6,16,18-30,33-34H2,1-2H3,(H,72,73)(H,59,62,70)(H,61,68,71). The summed E-state index contributed by atoms with van der Waals surface area (Å²) in [4.78, 5) is 84.0. The summed E-state index contributed by atoms with van der Waals surface area (Å²) in [6.45, 7) is 10.7. The number of nitrogens with one attached hydrogen (secondary N) is 4. The van der Waals surface area contributed by atoms with Crippen LogP contribution >= 0.6 is 11.3 Å². The number of ether oxygens (including phenoxy) is 1. The lowest BCUT2D eigenvalue weighted by Crippen LogP contribution is -2.54. The summed E-state index contributed by atoms with van der Waals surface area (Å²) in [6, 6.07) is 28.7. The molecule has 0 radical (unpaired) electrons. The van der Waals surface area contributed by atoms with Crippen molar-refractivity contribution in [2.75, 3.05) is 106 Å². The number of imide groups is 1. The molecule has 1 unspecified atom stereocenters. The molecule has 388 valence electrons. The summed E-state index contributed by atoms with van der Waals surface area (Å²) in [7, 11) is 1.79. The van der Waals surface area contributed by atoms with Gasteiger partial charge in [0.2, 0.25) is 17.7 Å². The first-order chi connectivity index (χ1) is 36.4. The number of para-hydroxylation sites is 1.